The Morgan fingerprint density at radius 2 is 2.05 bits per heavy atom. The molecule has 1 aliphatic heterocycles. The highest BCUT2D eigenvalue weighted by Crippen LogP contribution is 2.49. The third-order valence-electron chi connectivity index (χ3n) is 3.97. The Morgan fingerprint density at radius 3 is 2.57 bits per heavy atom. The van der Waals surface area contributed by atoms with Crippen LogP contribution < -0.4 is 0 Å². The minimum atomic E-state index is -4.01. The average Bonchev–Trinajstić information content (AvgIpc) is 3.20. The van der Waals surface area contributed by atoms with E-state index in [0.29, 0.717) is 5.75 Å². The highest BCUT2D eigenvalue weighted by Gasteiger charge is 2.50. The van der Waals surface area contributed by atoms with E-state index in [1.807, 2.05) is 0 Å². The SMILES string of the molecule is O=C1c2ccc([N+](=O)[O-])cc2S(=O)(=O)N1CC1(CS)CC1. The van der Waals surface area contributed by atoms with Crippen LogP contribution in [-0.2, 0) is 10.0 Å². The summed E-state index contributed by atoms with van der Waals surface area (Å²) in [4.78, 5) is 22.1. The number of fused-ring (bicyclic) bond motifs is 1. The monoisotopic (exact) mass is 328 g/mol. The number of carbonyl (C=O) groups excluding carboxylic acids is 1. The summed E-state index contributed by atoms with van der Waals surface area (Å²) < 4.78 is 25.7. The first-order valence-electron chi connectivity index (χ1n) is 6.27. The standard InChI is InChI=1S/C12H12N2O5S2/c15-11-9-2-1-8(14(16)17)5-10(9)21(18,19)13(11)6-12(7-20)3-4-12/h1-2,5,20H,3-4,6-7H2. The molecule has 1 aromatic rings. The number of hydrogen-bond acceptors (Lipinski definition) is 6. The Morgan fingerprint density at radius 1 is 1.38 bits per heavy atom. The van der Waals surface area contributed by atoms with Gasteiger partial charge in [-0.05, 0) is 30.1 Å². The van der Waals surface area contributed by atoms with Crippen molar-refractivity contribution in [2.24, 2.45) is 5.41 Å². The Hall–Kier alpha value is -1.61. The molecule has 1 heterocycles. The van der Waals surface area contributed by atoms with Gasteiger partial charge in [0.15, 0.2) is 0 Å². The average molecular weight is 328 g/mol. The van der Waals surface area contributed by atoms with E-state index in [1.165, 1.54) is 6.07 Å². The molecule has 0 aromatic heterocycles. The Kier molecular flexibility index (Phi) is 3.03. The topological polar surface area (TPSA) is 97.6 Å². The molecule has 0 atom stereocenters. The van der Waals surface area contributed by atoms with E-state index in [1.54, 1.807) is 0 Å². The number of benzene rings is 1. The number of sulfonamides is 1. The quantitative estimate of drug-likeness (QED) is 0.512. The van der Waals surface area contributed by atoms with Crippen molar-refractivity contribution in [2.45, 2.75) is 17.7 Å². The van der Waals surface area contributed by atoms with Crippen molar-refractivity contribution in [1.29, 1.82) is 0 Å². The largest absolute Gasteiger partial charge is 0.270 e. The number of carbonyl (C=O) groups is 1. The van der Waals surface area contributed by atoms with Gasteiger partial charge in [-0.15, -0.1) is 0 Å². The fourth-order valence-electron chi connectivity index (χ4n) is 2.38. The number of hydrogen-bond donors (Lipinski definition) is 1. The van der Waals surface area contributed by atoms with Crippen LogP contribution in [0.15, 0.2) is 23.1 Å². The van der Waals surface area contributed by atoms with E-state index in [-0.39, 0.29) is 28.1 Å². The van der Waals surface area contributed by atoms with Gasteiger partial charge in [-0.2, -0.15) is 12.6 Å². The van der Waals surface area contributed by atoms with Gasteiger partial charge >= 0.3 is 0 Å². The fraction of sp³-hybridized carbons (Fsp3) is 0.417. The lowest BCUT2D eigenvalue weighted by Gasteiger charge is -2.20. The van der Waals surface area contributed by atoms with Crippen LogP contribution >= 0.6 is 12.6 Å². The second kappa shape index (κ2) is 4.44. The predicted molar refractivity (Wildman–Crippen MR) is 76.8 cm³/mol. The second-order valence-corrected chi connectivity index (χ2v) is 7.56. The zero-order valence-electron chi connectivity index (χ0n) is 10.9. The van der Waals surface area contributed by atoms with Crippen LogP contribution in [0.25, 0.3) is 0 Å². The molecule has 1 aliphatic carbocycles. The van der Waals surface area contributed by atoms with E-state index in [9.17, 15) is 23.3 Å². The first-order chi connectivity index (χ1) is 9.81. The van der Waals surface area contributed by atoms with Crippen LogP contribution in [0, 0.1) is 15.5 Å². The van der Waals surface area contributed by atoms with Crippen LogP contribution in [0.3, 0.4) is 0 Å². The molecule has 1 aromatic carbocycles. The molecule has 0 radical (unpaired) electrons. The Labute approximate surface area is 126 Å². The molecule has 112 valence electrons. The minimum absolute atomic E-state index is 0.00411. The molecule has 0 spiro atoms. The number of nitrogens with zero attached hydrogens (tertiary/aromatic N) is 2. The number of rotatable bonds is 4. The summed E-state index contributed by atoms with van der Waals surface area (Å²) in [5, 5.41) is 10.8. The van der Waals surface area contributed by atoms with Crippen LogP contribution in [0.5, 0.6) is 0 Å². The predicted octanol–water partition coefficient (Wildman–Crippen LogP) is 1.45. The summed E-state index contributed by atoms with van der Waals surface area (Å²) in [6, 6.07) is 3.29. The summed E-state index contributed by atoms with van der Waals surface area (Å²) in [6.07, 6.45) is 1.65. The lowest BCUT2D eigenvalue weighted by Crippen LogP contribution is -2.36. The van der Waals surface area contributed by atoms with Crippen LogP contribution in [0.4, 0.5) is 5.69 Å². The molecule has 0 bridgehead atoms. The molecule has 1 fully saturated rings. The van der Waals surface area contributed by atoms with E-state index in [0.717, 1.165) is 29.3 Å². The smallest absolute Gasteiger partial charge is 0.268 e. The van der Waals surface area contributed by atoms with Crippen LogP contribution in [-0.4, -0.2) is 35.9 Å². The third kappa shape index (κ3) is 2.11. The summed E-state index contributed by atoms with van der Waals surface area (Å²) in [7, 11) is -4.01. The maximum absolute atomic E-state index is 12.4. The molecule has 0 N–H and O–H groups in total. The lowest BCUT2D eigenvalue weighted by molar-refractivity contribution is -0.385. The number of nitro benzene ring substituents is 1. The van der Waals surface area contributed by atoms with Gasteiger partial charge in [-0.3, -0.25) is 14.9 Å². The van der Waals surface area contributed by atoms with Gasteiger partial charge in [0.05, 0.1) is 10.5 Å². The van der Waals surface area contributed by atoms with E-state index < -0.39 is 20.9 Å². The summed E-state index contributed by atoms with van der Waals surface area (Å²) in [6.45, 7) is 0.0835. The molecular weight excluding hydrogens is 316 g/mol. The van der Waals surface area contributed by atoms with Crippen molar-refractivity contribution in [2.75, 3.05) is 12.3 Å². The third-order valence-corrected chi connectivity index (χ3v) is 6.41. The van der Waals surface area contributed by atoms with Gasteiger partial charge in [-0.25, -0.2) is 12.7 Å². The van der Waals surface area contributed by atoms with Gasteiger partial charge in [0, 0.05) is 18.7 Å². The zero-order chi connectivity index (χ0) is 15.4. The molecule has 1 amide bonds. The van der Waals surface area contributed by atoms with Crippen molar-refractivity contribution >= 4 is 34.2 Å². The van der Waals surface area contributed by atoms with E-state index in [2.05, 4.69) is 12.6 Å². The maximum Gasteiger partial charge on any atom is 0.270 e. The zero-order valence-corrected chi connectivity index (χ0v) is 12.6. The second-order valence-electron chi connectivity index (χ2n) is 5.41. The van der Waals surface area contributed by atoms with E-state index in [4.69, 9.17) is 0 Å². The molecule has 9 heteroatoms. The van der Waals surface area contributed by atoms with Gasteiger partial charge in [-0.1, -0.05) is 0 Å². The number of nitro groups is 1. The summed E-state index contributed by atoms with van der Waals surface area (Å²) >= 11 is 4.21. The fourth-order valence-corrected chi connectivity index (χ4v) is 4.50. The number of thiol groups is 1. The molecule has 0 unspecified atom stereocenters. The first kappa shape index (κ1) is 14.3. The highest BCUT2D eigenvalue weighted by atomic mass is 32.2. The first-order valence-corrected chi connectivity index (χ1v) is 8.34. The highest BCUT2D eigenvalue weighted by molar-refractivity contribution is 7.90. The molecular formula is C12H12N2O5S2. The van der Waals surface area contributed by atoms with Crippen molar-refractivity contribution in [3.8, 4) is 0 Å². The van der Waals surface area contributed by atoms with Crippen LogP contribution in [0.1, 0.15) is 23.2 Å². The van der Waals surface area contributed by atoms with Crippen molar-refractivity contribution in [3.05, 3.63) is 33.9 Å². The molecule has 0 saturated heterocycles. The molecule has 1 saturated carbocycles. The molecule has 2 aliphatic rings. The van der Waals surface area contributed by atoms with Gasteiger partial charge in [0.25, 0.3) is 21.6 Å². The Bertz CT molecular complexity index is 755. The van der Waals surface area contributed by atoms with Gasteiger partial charge in [0.2, 0.25) is 0 Å². The van der Waals surface area contributed by atoms with Crippen molar-refractivity contribution in [3.63, 3.8) is 0 Å². The van der Waals surface area contributed by atoms with Crippen LogP contribution in [0.2, 0.25) is 0 Å². The van der Waals surface area contributed by atoms with Crippen molar-refractivity contribution < 1.29 is 18.1 Å². The summed E-state index contributed by atoms with van der Waals surface area (Å²) in [5.74, 6) is -0.115. The normalized spacial score (nSPS) is 21.2. The molecule has 3 rings (SSSR count). The van der Waals surface area contributed by atoms with E-state index >= 15 is 0 Å². The van der Waals surface area contributed by atoms with Gasteiger partial charge < -0.3 is 0 Å². The maximum atomic E-state index is 12.4. The number of non-ortho nitro benzene ring substituents is 1. The molecule has 21 heavy (non-hydrogen) atoms. The Balaban J connectivity index is 2.04. The molecule has 7 nitrogen and oxygen atoms in total. The lowest BCUT2D eigenvalue weighted by atomic mass is 10.1. The minimum Gasteiger partial charge on any atom is -0.268 e. The summed E-state index contributed by atoms with van der Waals surface area (Å²) in [5.41, 5.74) is -0.599. The number of amides is 1. The van der Waals surface area contributed by atoms with Crippen molar-refractivity contribution in [1.82, 2.24) is 4.31 Å². The van der Waals surface area contributed by atoms with Gasteiger partial charge in [0.1, 0.15) is 4.90 Å².